The van der Waals surface area contributed by atoms with Crippen molar-refractivity contribution < 1.29 is 0 Å². The lowest BCUT2D eigenvalue weighted by molar-refractivity contribution is 0.175. The van der Waals surface area contributed by atoms with Gasteiger partial charge in [0, 0.05) is 6.54 Å². The van der Waals surface area contributed by atoms with Gasteiger partial charge in [-0.2, -0.15) is 0 Å². The second-order valence-corrected chi connectivity index (χ2v) is 5.45. The van der Waals surface area contributed by atoms with Crippen molar-refractivity contribution in [1.29, 1.82) is 0 Å². The minimum Gasteiger partial charge on any atom is -0.317 e. The van der Waals surface area contributed by atoms with Crippen molar-refractivity contribution in [3.05, 3.63) is 35.4 Å². The van der Waals surface area contributed by atoms with Gasteiger partial charge in [0.15, 0.2) is 0 Å². The molecule has 1 N–H and O–H groups in total. The molecule has 0 radical (unpaired) electrons. The van der Waals surface area contributed by atoms with Gasteiger partial charge in [-0.25, -0.2) is 0 Å². The molecule has 100 valence electrons. The second kappa shape index (κ2) is 6.91. The Bertz CT molecular complexity index is 354. The lowest BCUT2D eigenvalue weighted by Gasteiger charge is -2.32. The van der Waals surface area contributed by atoms with E-state index in [0.717, 1.165) is 19.0 Å². The summed E-state index contributed by atoms with van der Waals surface area (Å²) < 4.78 is 0. The van der Waals surface area contributed by atoms with Crippen molar-refractivity contribution in [2.75, 3.05) is 26.2 Å². The number of benzene rings is 1. The molecule has 0 unspecified atom stereocenters. The van der Waals surface area contributed by atoms with E-state index in [-0.39, 0.29) is 0 Å². The predicted molar refractivity (Wildman–Crippen MR) is 77.7 cm³/mol. The molecule has 1 aliphatic heterocycles. The molecule has 0 aliphatic carbocycles. The van der Waals surface area contributed by atoms with Gasteiger partial charge in [0.1, 0.15) is 0 Å². The van der Waals surface area contributed by atoms with Crippen LogP contribution in [0.25, 0.3) is 0 Å². The maximum atomic E-state index is 3.47. The summed E-state index contributed by atoms with van der Waals surface area (Å²) in [6, 6.07) is 8.76. The molecule has 18 heavy (non-hydrogen) atoms. The minimum absolute atomic E-state index is 0.887. The summed E-state index contributed by atoms with van der Waals surface area (Å²) in [6.45, 7) is 10.3. The zero-order valence-electron chi connectivity index (χ0n) is 11.8. The van der Waals surface area contributed by atoms with Crippen molar-refractivity contribution in [2.24, 2.45) is 5.92 Å². The van der Waals surface area contributed by atoms with Crippen molar-refractivity contribution in [3.63, 3.8) is 0 Å². The highest BCUT2D eigenvalue weighted by Crippen LogP contribution is 2.19. The number of hydrogen-bond donors (Lipinski definition) is 1. The molecule has 0 spiro atoms. The molecular formula is C16H26N2. The van der Waals surface area contributed by atoms with Crippen LogP contribution in [0.2, 0.25) is 0 Å². The number of nitrogens with one attached hydrogen (secondary N) is 1. The Hall–Kier alpha value is -0.860. The van der Waals surface area contributed by atoms with Crippen LogP contribution in [0.1, 0.15) is 30.9 Å². The lowest BCUT2D eigenvalue weighted by atomic mass is 9.96. The molecule has 0 saturated carbocycles. The van der Waals surface area contributed by atoms with Crippen LogP contribution in [0.5, 0.6) is 0 Å². The van der Waals surface area contributed by atoms with Gasteiger partial charge in [0.05, 0.1) is 0 Å². The van der Waals surface area contributed by atoms with E-state index in [1.54, 1.807) is 0 Å². The van der Waals surface area contributed by atoms with Gasteiger partial charge in [-0.15, -0.1) is 0 Å². The molecule has 1 fully saturated rings. The highest BCUT2D eigenvalue weighted by atomic mass is 15.1. The fourth-order valence-corrected chi connectivity index (χ4v) is 2.73. The Morgan fingerprint density at radius 2 is 1.94 bits per heavy atom. The van der Waals surface area contributed by atoms with Gasteiger partial charge in [-0.1, -0.05) is 31.2 Å². The van der Waals surface area contributed by atoms with Crippen LogP contribution in [0, 0.1) is 12.8 Å². The molecule has 0 bridgehead atoms. The van der Waals surface area contributed by atoms with E-state index in [1.165, 1.54) is 43.6 Å². The van der Waals surface area contributed by atoms with Crippen molar-refractivity contribution in [3.8, 4) is 0 Å². The molecule has 2 heteroatoms. The monoisotopic (exact) mass is 246 g/mol. The Morgan fingerprint density at radius 3 is 2.61 bits per heavy atom. The largest absolute Gasteiger partial charge is 0.317 e. The third-order valence-corrected chi connectivity index (χ3v) is 4.05. The third kappa shape index (κ3) is 3.82. The van der Waals surface area contributed by atoms with Crippen LogP contribution in [-0.4, -0.2) is 31.1 Å². The van der Waals surface area contributed by atoms with E-state index in [0.29, 0.717) is 0 Å². The molecule has 1 aromatic rings. The standard InChI is InChI=1S/C16H26N2/c1-3-17-12-15-8-10-18(11-9-15)13-16-7-5-4-6-14(16)2/h4-7,15,17H,3,8-13H2,1-2H3. The van der Waals surface area contributed by atoms with E-state index >= 15 is 0 Å². The van der Waals surface area contributed by atoms with Crippen LogP contribution in [0.3, 0.4) is 0 Å². The number of hydrogen-bond acceptors (Lipinski definition) is 2. The predicted octanol–water partition coefficient (Wildman–Crippen LogP) is 2.82. The summed E-state index contributed by atoms with van der Waals surface area (Å²) in [5.41, 5.74) is 2.91. The number of rotatable bonds is 5. The fourth-order valence-electron chi connectivity index (χ4n) is 2.73. The van der Waals surface area contributed by atoms with Crippen LogP contribution in [0.4, 0.5) is 0 Å². The SMILES string of the molecule is CCNCC1CCN(Cc2ccccc2C)CC1. The van der Waals surface area contributed by atoms with Crippen molar-refractivity contribution in [2.45, 2.75) is 33.2 Å². The van der Waals surface area contributed by atoms with Gasteiger partial charge < -0.3 is 5.32 Å². The van der Waals surface area contributed by atoms with E-state index < -0.39 is 0 Å². The topological polar surface area (TPSA) is 15.3 Å². The highest BCUT2D eigenvalue weighted by Gasteiger charge is 2.18. The lowest BCUT2D eigenvalue weighted by Crippen LogP contribution is -2.37. The van der Waals surface area contributed by atoms with Crippen LogP contribution >= 0.6 is 0 Å². The highest BCUT2D eigenvalue weighted by molar-refractivity contribution is 5.25. The minimum atomic E-state index is 0.887. The Labute approximate surface area is 111 Å². The third-order valence-electron chi connectivity index (χ3n) is 4.05. The van der Waals surface area contributed by atoms with Crippen molar-refractivity contribution in [1.82, 2.24) is 10.2 Å². The quantitative estimate of drug-likeness (QED) is 0.859. The van der Waals surface area contributed by atoms with Gasteiger partial charge in [0.2, 0.25) is 0 Å². The number of nitrogens with zero attached hydrogens (tertiary/aromatic N) is 1. The van der Waals surface area contributed by atoms with Gasteiger partial charge in [-0.3, -0.25) is 4.90 Å². The van der Waals surface area contributed by atoms with Gasteiger partial charge in [0.25, 0.3) is 0 Å². The summed E-state index contributed by atoms with van der Waals surface area (Å²) in [5.74, 6) is 0.887. The maximum Gasteiger partial charge on any atom is 0.0236 e. The number of likely N-dealkylation sites (tertiary alicyclic amines) is 1. The van der Waals surface area contributed by atoms with E-state index in [4.69, 9.17) is 0 Å². The first kappa shape index (κ1) is 13.6. The maximum absolute atomic E-state index is 3.47. The smallest absolute Gasteiger partial charge is 0.0236 e. The van der Waals surface area contributed by atoms with Crippen molar-refractivity contribution >= 4 is 0 Å². The molecule has 2 nitrogen and oxygen atoms in total. The first-order valence-corrected chi connectivity index (χ1v) is 7.27. The summed E-state index contributed by atoms with van der Waals surface area (Å²) in [6.07, 6.45) is 2.69. The first-order chi connectivity index (χ1) is 8.79. The molecule has 1 aromatic carbocycles. The summed E-state index contributed by atoms with van der Waals surface area (Å²) >= 11 is 0. The van der Waals surface area contributed by atoms with E-state index in [9.17, 15) is 0 Å². The average Bonchev–Trinajstić information content (AvgIpc) is 2.41. The van der Waals surface area contributed by atoms with Crippen LogP contribution < -0.4 is 5.32 Å². The zero-order valence-corrected chi connectivity index (χ0v) is 11.8. The average molecular weight is 246 g/mol. The van der Waals surface area contributed by atoms with Gasteiger partial charge >= 0.3 is 0 Å². The van der Waals surface area contributed by atoms with E-state index in [2.05, 4.69) is 48.3 Å². The Balaban J connectivity index is 1.78. The van der Waals surface area contributed by atoms with Crippen LogP contribution in [0.15, 0.2) is 24.3 Å². The normalized spacial score (nSPS) is 18.1. The zero-order chi connectivity index (χ0) is 12.8. The first-order valence-electron chi connectivity index (χ1n) is 7.27. The Morgan fingerprint density at radius 1 is 1.22 bits per heavy atom. The molecule has 1 heterocycles. The Kier molecular flexibility index (Phi) is 5.21. The summed E-state index contributed by atoms with van der Waals surface area (Å²) in [7, 11) is 0. The number of piperidine rings is 1. The molecular weight excluding hydrogens is 220 g/mol. The fraction of sp³-hybridized carbons (Fsp3) is 0.625. The molecule has 0 amide bonds. The summed E-state index contributed by atoms with van der Waals surface area (Å²) in [5, 5.41) is 3.47. The molecule has 0 atom stereocenters. The summed E-state index contributed by atoms with van der Waals surface area (Å²) in [4.78, 5) is 2.60. The van der Waals surface area contributed by atoms with Crippen LogP contribution in [-0.2, 0) is 6.54 Å². The molecule has 1 aliphatic rings. The number of aryl methyl sites for hydroxylation is 1. The van der Waals surface area contributed by atoms with E-state index in [1.807, 2.05) is 0 Å². The molecule has 1 saturated heterocycles. The second-order valence-electron chi connectivity index (χ2n) is 5.45. The molecule has 0 aromatic heterocycles. The van der Waals surface area contributed by atoms with Gasteiger partial charge in [-0.05, 0) is 63.0 Å². The molecule has 2 rings (SSSR count).